The molecule has 14 heavy (non-hydrogen) atoms. The van der Waals surface area contributed by atoms with E-state index in [4.69, 9.17) is 5.73 Å². The Bertz CT molecular complexity index is 315. The average molecular weight is 210 g/mol. The number of hydrogen-bond donors (Lipinski definition) is 1. The molecule has 76 valence electrons. The van der Waals surface area contributed by atoms with E-state index in [9.17, 15) is 4.79 Å². The van der Waals surface area contributed by atoms with Gasteiger partial charge in [-0.05, 0) is 11.8 Å². The van der Waals surface area contributed by atoms with Crippen LogP contribution in [0.2, 0.25) is 0 Å². The summed E-state index contributed by atoms with van der Waals surface area (Å²) in [5.74, 6) is 1.73. The first-order valence-corrected chi connectivity index (χ1v) is 5.67. The molecule has 0 aliphatic carbocycles. The van der Waals surface area contributed by atoms with Gasteiger partial charge >= 0.3 is 0 Å². The predicted molar refractivity (Wildman–Crippen MR) is 60.4 cm³/mol. The number of nitrogen functional groups attached to an aromatic ring is 1. The number of carbonyl (C=O) groups is 1. The lowest BCUT2D eigenvalue weighted by Gasteiger charge is -2.03. The van der Waals surface area contributed by atoms with E-state index in [1.54, 1.807) is 30.2 Å². The third-order valence-corrected chi connectivity index (χ3v) is 2.73. The summed E-state index contributed by atoms with van der Waals surface area (Å²) in [6.07, 6.45) is 3.68. The van der Waals surface area contributed by atoms with Gasteiger partial charge in [-0.1, -0.05) is 6.92 Å². The largest absolute Gasteiger partial charge is 0.398 e. The maximum atomic E-state index is 11.4. The maximum absolute atomic E-state index is 11.4. The van der Waals surface area contributed by atoms with Crippen molar-refractivity contribution in [2.24, 2.45) is 0 Å². The highest BCUT2D eigenvalue weighted by molar-refractivity contribution is 7.99. The van der Waals surface area contributed by atoms with E-state index in [-0.39, 0.29) is 5.78 Å². The number of Topliss-reactive ketones (excluding diaryl/α,β-unsaturated/α-hetero) is 1. The summed E-state index contributed by atoms with van der Waals surface area (Å²) in [4.78, 5) is 15.4. The Morgan fingerprint density at radius 3 is 3.07 bits per heavy atom. The molecule has 0 aliphatic rings. The smallest absolute Gasteiger partial charge is 0.147 e. The van der Waals surface area contributed by atoms with Crippen LogP contribution in [0, 0.1) is 0 Å². The molecule has 0 saturated carbocycles. The lowest BCUT2D eigenvalue weighted by molar-refractivity contribution is -0.115. The summed E-state index contributed by atoms with van der Waals surface area (Å²) in [6.45, 7) is 2.04. The molecule has 0 unspecified atom stereocenters. The molecule has 0 radical (unpaired) electrons. The van der Waals surface area contributed by atoms with Crippen LogP contribution < -0.4 is 5.73 Å². The van der Waals surface area contributed by atoms with Crippen LogP contribution in [-0.2, 0) is 11.2 Å². The van der Waals surface area contributed by atoms with Crippen molar-refractivity contribution in [3.63, 3.8) is 0 Å². The zero-order chi connectivity index (χ0) is 10.4. The van der Waals surface area contributed by atoms with E-state index in [1.165, 1.54) is 0 Å². The van der Waals surface area contributed by atoms with Gasteiger partial charge in [0, 0.05) is 30.1 Å². The zero-order valence-corrected chi connectivity index (χ0v) is 9.01. The summed E-state index contributed by atoms with van der Waals surface area (Å²) in [6, 6.07) is 1.72. The number of thioether (sulfide) groups is 1. The quantitative estimate of drug-likeness (QED) is 0.800. The molecule has 4 heteroatoms. The molecule has 0 fully saturated rings. The molecule has 1 heterocycles. The number of carbonyl (C=O) groups excluding carboxylic acids is 1. The van der Waals surface area contributed by atoms with E-state index in [0.717, 1.165) is 11.3 Å². The summed E-state index contributed by atoms with van der Waals surface area (Å²) >= 11 is 1.63. The minimum absolute atomic E-state index is 0.205. The number of nitrogens with two attached hydrogens (primary N) is 1. The second kappa shape index (κ2) is 5.65. The Morgan fingerprint density at radius 1 is 1.64 bits per heavy atom. The number of pyridine rings is 1. The Hall–Kier alpha value is -1.03. The van der Waals surface area contributed by atoms with Crippen LogP contribution in [0.3, 0.4) is 0 Å². The van der Waals surface area contributed by atoms with Gasteiger partial charge in [-0.15, -0.1) is 0 Å². The van der Waals surface area contributed by atoms with Crippen LogP contribution in [0.1, 0.15) is 12.5 Å². The molecule has 0 atom stereocenters. The molecule has 1 rings (SSSR count). The van der Waals surface area contributed by atoms with Crippen LogP contribution in [0.5, 0.6) is 0 Å². The minimum atomic E-state index is 0.205. The molecule has 3 nitrogen and oxygen atoms in total. The standard InChI is InChI=1S/C10H14N2OS/c1-2-14-7-9(13)5-8-6-12-4-3-10(8)11/h3-4,6H,2,5,7H2,1H3,(H2,11,12). The van der Waals surface area contributed by atoms with Crippen LogP contribution in [-0.4, -0.2) is 22.3 Å². The number of nitrogens with zero attached hydrogens (tertiary/aromatic N) is 1. The van der Waals surface area contributed by atoms with Gasteiger partial charge in [-0.25, -0.2) is 0 Å². The summed E-state index contributed by atoms with van der Waals surface area (Å²) < 4.78 is 0. The molecule has 1 aromatic rings. The highest BCUT2D eigenvalue weighted by Crippen LogP contribution is 2.11. The van der Waals surface area contributed by atoms with Crippen molar-refractivity contribution in [3.8, 4) is 0 Å². The van der Waals surface area contributed by atoms with Gasteiger partial charge < -0.3 is 5.73 Å². The molecule has 0 spiro atoms. The molecule has 0 saturated heterocycles. The van der Waals surface area contributed by atoms with Crippen molar-refractivity contribution < 1.29 is 4.79 Å². The zero-order valence-electron chi connectivity index (χ0n) is 8.19. The Labute approximate surface area is 88.1 Å². The molecular formula is C10H14N2OS. The number of hydrogen-bond acceptors (Lipinski definition) is 4. The number of ketones is 1. The molecule has 0 aromatic carbocycles. The van der Waals surface area contributed by atoms with Gasteiger partial charge in [0.05, 0.1) is 5.75 Å². The Morgan fingerprint density at radius 2 is 2.43 bits per heavy atom. The van der Waals surface area contributed by atoms with E-state index in [2.05, 4.69) is 4.98 Å². The summed E-state index contributed by atoms with van der Waals surface area (Å²) in [5.41, 5.74) is 7.17. The molecule has 0 aliphatic heterocycles. The third-order valence-electron chi connectivity index (χ3n) is 1.80. The second-order valence-electron chi connectivity index (χ2n) is 2.93. The van der Waals surface area contributed by atoms with E-state index in [0.29, 0.717) is 17.9 Å². The van der Waals surface area contributed by atoms with Crippen LogP contribution in [0.15, 0.2) is 18.5 Å². The fourth-order valence-corrected chi connectivity index (χ4v) is 1.60. The Kier molecular flexibility index (Phi) is 4.46. The van der Waals surface area contributed by atoms with Crippen LogP contribution in [0.25, 0.3) is 0 Å². The summed E-state index contributed by atoms with van der Waals surface area (Å²) in [7, 11) is 0. The average Bonchev–Trinajstić information content (AvgIpc) is 2.18. The second-order valence-corrected chi connectivity index (χ2v) is 4.20. The van der Waals surface area contributed by atoms with Gasteiger partial charge in [0.2, 0.25) is 0 Å². The monoisotopic (exact) mass is 210 g/mol. The third kappa shape index (κ3) is 3.38. The van der Waals surface area contributed by atoms with Crippen LogP contribution >= 0.6 is 11.8 Å². The van der Waals surface area contributed by atoms with E-state index in [1.807, 2.05) is 6.92 Å². The molecule has 2 N–H and O–H groups in total. The Balaban J connectivity index is 2.52. The fraction of sp³-hybridized carbons (Fsp3) is 0.400. The maximum Gasteiger partial charge on any atom is 0.147 e. The number of rotatable bonds is 5. The lowest BCUT2D eigenvalue weighted by Crippen LogP contribution is -2.08. The highest BCUT2D eigenvalue weighted by atomic mass is 32.2. The lowest BCUT2D eigenvalue weighted by atomic mass is 10.1. The van der Waals surface area contributed by atoms with Gasteiger partial charge in [0.25, 0.3) is 0 Å². The minimum Gasteiger partial charge on any atom is -0.398 e. The normalized spacial score (nSPS) is 10.1. The number of aromatic nitrogens is 1. The van der Waals surface area contributed by atoms with Crippen molar-refractivity contribution in [1.82, 2.24) is 4.98 Å². The molecule has 0 amide bonds. The first-order chi connectivity index (χ1) is 6.74. The molecule has 0 bridgehead atoms. The van der Waals surface area contributed by atoms with Gasteiger partial charge in [-0.2, -0.15) is 11.8 Å². The number of anilines is 1. The summed E-state index contributed by atoms with van der Waals surface area (Å²) in [5, 5.41) is 0. The van der Waals surface area contributed by atoms with E-state index < -0.39 is 0 Å². The first-order valence-electron chi connectivity index (χ1n) is 4.51. The fourth-order valence-electron chi connectivity index (χ4n) is 1.06. The van der Waals surface area contributed by atoms with Gasteiger partial charge in [-0.3, -0.25) is 9.78 Å². The highest BCUT2D eigenvalue weighted by Gasteiger charge is 2.05. The van der Waals surface area contributed by atoms with Crippen LogP contribution in [0.4, 0.5) is 5.69 Å². The van der Waals surface area contributed by atoms with Crippen molar-refractivity contribution in [1.29, 1.82) is 0 Å². The SMILES string of the molecule is CCSCC(=O)Cc1cnccc1N. The first kappa shape index (κ1) is 11.0. The molecular weight excluding hydrogens is 196 g/mol. The van der Waals surface area contributed by atoms with Crippen molar-refractivity contribution in [3.05, 3.63) is 24.0 Å². The van der Waals surface area contributed by atoms with Crippen molar-refractivity contribution in [2.45, 2.75) is 13.3 Å². The van der Waals surface area contributed by atoms with Crippen molar-refractivity contribution >= 4 is 23.2 Å². The van der Waals surface area contributed by atoms with Gasteiger partial charge in [0.1, 0.15) is 5.78 Å². The van der Waals surface area contributed by atoms with E-state index >= 15 is 0 Å². The van der Waals surface area contributed by atoms with Crippen molar-refractivity contribution in [2.75, 3.05) is 17.2 Å². The topological polar surface area (TPSA) is 56.0 Å². The van der Waals surface area contributed by atoms with Gasteiger partial charge in [0.15, 0.2) is 0 Å². The predicted octanol–water partition coefficient (Wildman–Crippen LogP) is 1.53. The molecule has 1 aromatic heterocycles.